The zero-order valence-corrected chi connectivity index (χ0v) is 7.77. The Kier molecular flexibility index (Phi) is 1.64. The summed E-state index contributed by atoms with van der Waals surface area (Å²) in [6.07, 6.45) is 3.86. The van der Waals surface area contributed by atoms with Crippen molar-refractivity contribution in [1.29, 1.82) is 0 Å². The second-order valence-electron chi connectivity index (χ2n) is 3.45. The van der Waals surface area contributed by atoms with Gasteiger partial charge in [0.2, 0.25) is 0 Å². The maximum atomic E-state index is 4.32. The third kappa shape index (κ3) is 1.06. The zero-order chi connectivity index (χ0) is 9.38. The Morgan fingerprint density at radius 1 is 1.21 bits per heavy atom. The van der Waals surface area contributed by atoms with Crippen LogP contribution in [0.4, 0.5) is 0 Å². The van der Waals surface area contributed by atoms with Crippen molar-refractivity contribution in [2.45, 2.75) is 13.1 Å². The molecule has 1 aromatic heterocycles. The Morgan fingerprint density at radius 2 is 2.14 bits per heavy atom. The highest BCUT2D eigenvalue weighted by Crippen LogP contribution is 2.18. The smallest absolute Gasteiger partial charge is 0.127 e. The topological polar surface area (TPSA) is 29.9 Å². The van der Waals surface area contributed by atoms with Crippen molar-refractivity contribution in [2.75, 3.05) is 0 Å². The second kappa shape index (κ2) is 2.96. The summed E-state index contributed by atoms with van der Waals surface area (Å²) in [5.74, 6) is 1.08. The Morgan fingerprint density at radius 3 is 3.14 bits per heavy atom. The minimum absolute atomic E-state index is 0.835. The third-order valence-electron chi connectivity index (χ3n) is 2.57. The van der Waals surface area contributed by atoms with Gasteiger partial charge in [-0.2, -0.15) is 0 Å². The molecule has 14 heavy (non-hydrogen) atoms. The molecule has 0 amide bonds. The fourth-order valence-corrected chi connectivity index (χ4v) is 1.89. The number of hydrogen-bond donors (Lipinski definition) is 1. The van der Waals surface area contributed by atoms with E-state index in [1.165, 1.54) is 11.3 Å². The van der Waals surface area contributed by atoms with Crippen LogP contribution in [0.15, 0.2) is 36.7 Å². The van der Waals surface area contributed by atoms with Gasteiger partial charge in [-0.05, 0) is 11.6 Å². The first-order valence-corrected chi connectivity index (χ1v) is 4.76. The minimum atomic E-state index is 0.835. The Balaban J connectivity index is 2.27. The molecule has 0 unspecified atom stereocenters. The molecule has 70 valence electrons. The van der Waals surface area contributed by atoms with Gasteiger partial charge in [0, 0.05) is 18.9 Å². The first-order chi connectivity index (χ1) is 6.95. The quantitative estimate of drug-likeness (QED) is 0.673. The average molecular weight is 185 g/mol. The van der Waals surface area contributed by atoms with E-state index in [-0.39, 0.29) is 0 Å². The summed E-state index contributed by atoms with van der Waals surface area (Å²) in [6.45, 7) is 1.75. The summed E-state index contributed by atoms with van der Waals surface area (Å²) in [5.41, 5.74) is 2.56. The summed E-state index contributed by atoms with van der Waals surface area (Å²) >= 11 is 0. The first kappa shape index (κ1) is 7.76. The monoisotopic (exact) mass is 185 g/mol. The molecule has 3 nitrogen and oxygen atoms in total. The van der Waals surface area contributed by atoms with Crippen molar-refractivity contribution >= 4 is 0 Å². The molecule has 0 radical (unpaired) electrons. The van der Waals surface area contributed by atoms with Gasteiger partial charge in [-0.3, -0.25) is 0 Å². The molecule has 1 aliphatic rings. The van der Waals surface area contributed by atoms with E-state index in [1.807, 2.05) is 12.4 Å². The molecule has 0 saturated carbocycles. The first-order valence-electron chi connectivity index (χ1n) is 4.76. The molecule has 1 N–H and O–H groups in total. The fourth-order valence-electron chi connectivity index (χ4n) is 1.89. The van der Waals surface area contributed by atoms with Gasteiger partial charge in [-0.1, -0.05) is 18.2 Å². The van der Waals surface area contributed by atoms with E-state index in [0.717, 1.165) is 18.9 Å². The molecule has 2 aromatic rings. The van der Waals surface area contributed by atoms with Crippen molar-refractivity contribution < 1.29 is 0 Å². The van der Waals surface area contributed by atoms with Gasteiger partial charge < -0.3 is 9.88 Å². The van der Waals surface area contributed by atoms with Crippen LogP contribution in [0.5, 0.6) is 0 Å². The molecule has 0 spiro atoms. The van der Waals surface area contributed by atoms with Crippen LogP contribution in [-0.2, 0) is 13.1 Å². The van der Waals surface area contributed by atoms with Crippen LogP contribution in [0.25, 0.3) is 5.69 Å². The summed E-state index contributed by atoms with van der Waals surface area (Å²) in [5, 5.41) is 3.36. The number of hydrogen-bond acceptors (Lipinski definition) is 2. The molecular formula is C11H11N3. The molecule has 1 aromatic carbocycles. The molecule has 0 fully saturated rings. The maximum Gasteiger partial charge on any atom is 0.127 e. The predicted octanol–water partition coefficient (Wildman–Crippen LogP) is 1.48. The molecule has 0 aliphatic carbocycles. The van der Waals surface area contributed by atoms with Crippen molar-refractivity contribution in [1.82, 2.24) is 14.9 Å². The summed E-state index contributed by atoms with van der Waals surface area (Å²) in [4.78, 5) is 4.32. The van der Waals surface area contributed by atoms with E-state index < -0.39 is 0 Å². The second-order valence-corrected chi connectivity index (χ2v) is 3.45. The molecule has 3 heteroatoms. The van der Waals surface area contributed by atoms with Crippen LogP contribution in [0.1, 0.15) is 11.4 Å². The van der Waals surface area contributed by atoms with Gasteiger partial charge in [0.1, 0.15) is 5.82 Å². The highest BCUT2D eigenvalue weighted by Gasteiger charge is 2.12. The highest BCUT2D eigenvalue weighted by atomic mass is 15.1. The van der Waals surface area contributed by atoms with Gasteiger partial charge in [0.05, 0.1) is 12.2 Å². The highest BCUT2D eigenvalue weighted by molar-refractivity contribution is 5.42. The van der Waals surface area contributed by atoms with Gasteiger partial charge in [-0.15, -0.1) is 0 Å². The van der Waals surface area contributed by atoms with Crippen molar-refractivity contribution in [3.63, 3.8) is 0 Å². The number of para-hydroxylation sites is 1. The Hall–Kier alpha value is -1.61. The lowest BCUT2D eigenvalue weighted by Crippen LogP contribution is -2.11. The number of aromatic nitrogens is 2. The van der Waals surface area contributed by atoms with Crippen LogP contribution in [0.3, 0.4) is 0 Å². The van der Waals surface area contributed by atoms with E-state index in [2.05, 4.69) is 39.1 Å². The summed E-state index contributed by atoms with van der Waals surface area (Å²) in [7, 11) is 0. The van der Waals surface area contributed by atoms with E-state index in [0.29, 0.717) is 0 Å². The van der Waals surface area contributed by atoms with Gasteiger partial charge >= 0.3 is 0 Å². The van der Waals surface area contributed by atoms with E-state index in [1.54, 1.807) is 0 Å². The molecule has 0 saturated heterocycles. The largest absolute Gasteiger partial charge is 0.306 e. The van der Waals surface area contributed by atoms with Gasteiger partial charge in [-0.25, -0.2) is 4.98 Å². The Labute approximate surface area is 82.4 Å². The van der Waals surface area contributed by atoms with Crippen LogP contribution in [0.2, 0.25) is 0 Å². The standard InChI is InChI=1S/C11H11N3/c1-2-4-10-9(3-1)7-12-8-11-13-5-6-14(10)11/h1-6,12H,7-8H2. The van der Waals surface area contributed by atoms with E-state index in [9.17, 15) is 0 Å². The molecule has 3 rings (SSSR count). The molecule has 2 heterocycles. The Bertz CT molecular complexity index is 459. The van der Waals surface area contributed by atoms with Crippen LogP contribution in [0, 0.1) is 0 Å². The lowest BCUT2D eigenvalue weighted by Gasteiger charge is -2.06. The van der Waals surface area contributed by atoms with Gasteiger partial charge in [0.15, 0.2) is 0 Å². The summed E-state index contributed by atoms with van der Waals surface area (Å²) < 4.78 is 2.15. The third-order valence-corrected chi connectivity index (χ3v) is 2.57. The van der Waals surface area contributed by atoms with Crippen molar-refractivity contribution in [2.24, 2.45) is 0 Å². The number of imidazole rings is 1. The van der Waals surface area contributed by atoms with Gasteiger partial charge in [0.25, 0.3) is 0 Å². The molecular weight excluding hydrogens is 174 g/mol. The average Bonchev–Trinajstić information content (AvgIpc) is 2.61. The van der Waals surface area contributed by atoms with Crippen LogP contribution >= 0.6 is 0 Å². The van der Waals surface area contributed by atoms with Crippen molar-refractivity contribution in [3.8, 4) is 5.69 Å². The van der Waals surface area contributed by atoms with E-state index in [4.69, 9.17) is 0 Å². The number of nitrogens with one attached hydrogen (secondary N) is 1. The number of fused-ring (bicyclic) bond motifs is 3. The summed E-state index contributed by atoms with van der Waals surface area (Å²) in [6, 6.07) is 8.42. The van der Waals surface area contributed by atoms with Crippen LogP contribution in [-0.4, -0.2) is 9.55 Å². The number of benzene rings is 1. The molecule has 1 aliphatic heterocycles. The number of nitrogens with zero attached hydrogens (tertiary/aromatic N) is 2. The molecule has 0 atom stereocenters. The SMILES string of the molecule is c1ccc2c(c1)CNCc1nccn1-2. The zero-order valence-electron chi connectivity index (χ0n) is 7.77. The normalized spacial score (nSPS) is 14.3. The van der Waals surface area contributed by atoms with E-state index >= 15 is 0 Å². The number of rotatable bonds is 0. The maximum absolute atomic E-state index is 4.32. The lowest BCUT2D eigenvalue weighted by molar-refractivity contribution is 0.678. The predicted molar refractivity (Wildman–Crippen MR) is 54.1 cm³/mol. The fraction of sp³-hybridized carbons (Fsp3) is 0.182. The minimum Gasteiger partial charge on any atom is -0.306 e. The van der Waals surface area contributed by atoms with Crippen molar-refractivity contribution in [3.05, 3.63) is 48.0 Å². The lowest BCUT2D eigenvalue weighted by atomic mass is 10.2. The molecule has 0 bridgehead atoms. The van der Waals surface area contributed by atoms with Crippen LogP contribution < -0.4 is 5.32 Å².